The number of aromatic nitrogens is 3. The standard InChI is InChI=1S/C13H17N3O2/c1-2-9-16-11(6-3-7-12(17)18)15-10-5-4-8-14-13(10)16/h4-5,8H,2-3,6-7,9H2,1H3,(H,17,18). The van der Waals surface area contributed by atoms with Crippen molar-refractivity contribution in [3.63, 3.8) is 0 Å². The van der Waals surface area contributed by atoms with E-state index in [1.165, 1.54) is 0 Å². The molecule has 5 nitrogen and oxygen atoms in total. The predicted octanol–water partition coefficient (Wildman–Crippen LogP) is 2.25. The predicted molar refractivity (Wildman–Crippen MR) is 68.4 cm³/mol. The zero-order valence-corrected chi connectivity index (χ0v) is 10.5. The van der Waals surface area contributed by atoms with E-state index in [4.69, 9.17) is 5.11 Å². The molecule has 0 atom stereocenters. The van der Waals surface area contributed by atoms with Gasteiger partial charge in [0.2, 0.25) is 0 Å². The fourth-order valence-electron chi connectivity index (χ4n) is 2.05. The molecule has 5 heteroatoms. The maximum Gasteiger partial charge on any atom is 0.303 e. The van der Waals surface area contributed by atoms with Crippen molar-refractivity contribution in [2.75, 3.05) is 0 Å². The quantitative estimate of drug-likeness (QED) is 0.850. The number of nitrogens with zero attached hydrogens (tertiary/aromatic N) is 3. The topological polar surface area (TPSA) is 68.0 Å². The second kappa shape index (κ2) is 5.62. The lowest BCUT2D eigenvalue weighted by Crippen LogP contribution is -2.05. The summed E-state index contributed by atoms with van der Waals surface area (Å²) < 4.78 is 2.09. The number of pyridine rings is 1. The molecular weight excluding hydrogens is 230 g/mol. The lowest BCUT2D eigenvalue weighted by Gasteiger charge is -2.06. The first-order valence-electron chi connectivity index (χ1n) is 6.24. The lowest BCUT2D eigenvalue weighted by atomic mass is 10.2. The highest BCUT2D eigenvalue weighted by Crippen LogP contribution is 2.15. The van der Waals surface area contributed by atoms with Gasteiger partial charge >= 0.3 is 5.97 Å². The van der Waals surface area contributed by atoms with E-state index in [1.54, 1.807) is 6.20 Å². The summed E-state index contributed by atoms with van der Waals surface area (Å²) in [5.41, 5.74) is 1.78. The van der Waals surface area contributed by atoms with E-state index in [2.05, 4.69) is 21.5 Å². The van der Waals surface area contributed by atoms with Gasteiger partial charge < -0.3 is 9.67 Å². The Balaban J connectivity index is 2.24. The molecule has 1 N–H and O–H groups in total. The summed E-state index contributed by atoms with van der Waals surface area (Å²) in [6.45, 7) is 2.98. The molecule has 96 valence electrons. The third kappa shape index (κ3) is 2.67. The van der Waals surface area contributed by atoms with Crippen LogP contribution in [0.3, 0.4) is 0 Å². The second-order valence-corrected chi connectivity index (χ2v) is 4.27. The van der Waals surface area contributed by atoms with Gasteiger partial charge in [0.1, 0.15) is 11.3 Å². The second-order valence-electron chi connectivity index (χ2n) is 4.27. The highest BCUT2D eigenvalue weighted by molar-refractivity contribution is 5.71. The van der Waals surface area contributed by atoms with Gasteiger partial charge in [0.25, 0.3) is 0 Å². The van der Waals surface area contributed by atoms with Crippen molar-refractivity contribution in [3.8, 4) is 0 Å². The number of hydrogen-bond donors (Lipinski definition) is 1. The van der Waals surface area contributed by atoms with Crippen LogP contribution in [-0.4, -0.2) is 25.6 Å². The molecule has 18 heavy (non-hydrogen) atoms. The van der Waals surface area contributed by atoms with Gasteiger partial charge in [0.15, 0.2) is 5.65 Å². The van der Waals surface area contributed by atoms with Gasteiger partial charge in [0, 0.05) is 25.6 Å². The van der Waals surface area contributed by atoms with E-state index in [1.807, 2.05) is 12.1 Å². The summed E-state index contributed by atoms with van der Waals surface area (Å²) >= 11 is 0. The first-order chi connectivity index (χ1) is 8.72. The Morgan fingerprint density at radius 1 is 1.50 bits per heavy atom. The first-order valence-corrected chi connectivity index (χ1v) is 6.24. The van der Waals surface area contributed by atoms with E-state index < -0.39 is 5.97 Å². The molecule has 0 aliphatic heterocycles. The zero-order valence-electron chi connectivity index (χ0n) is 10.5. The Bertz CT molecular complexity index is 548. The minimum absolute atomic E-state index is 0.183. The Hall–Kier alpha value is -1.91. The van der Waals surface area contributed by atoms with Gasteiger partial charge in [-0.2, -0.15) is 0 Å². The van der Waals surface area contributed by atoms with Crippen molar-refractivity contribution in [1.29, 1.82) is 0 Å². The van der Waals surface area contributed by atoms with Crippen LogP contribution in [0.4, 0.5) is 0 Å². The minimum atomic E-state index is -0.758. The lowest BCUT2D eigenvalue weighted by molar-refractivity contribution is -0.137. The molecule has 0 aliphatic carbocycles. The maximum atomic E-state index is 10.5. The van der Waals surface area contributed by atoms with Crippen LogP contribution in [0.5, 0.6) is 0 Å². The minimum Gasteiger partial charge on any atom is -0.481 e. The maximum absolute atomic E-state index is 10.5. The Kier molecular flexibility index (Phi) is 3.92. The van der Waals surface area contributed by atoms with Crippen LogP contribution < -0.4 is 0 Å². The number of hydrogen-bond acceptors (Lipinski definition) is 3. The number of carboxylic acids is 1. The Morgan fingerprint density at radius 3 is 3.06 bits per heavy atom. The number of rotatable bonds is 6. The summed E-state index contributed by atoms with van der Waals surface area (Å²) in [6.07, 6.45) is 4.25. The molecule has 0 amide bonds. The Morgan fingerprint density at radius 2 is 2.33 bits per heavy atom. The summed E-state index contributed by atoms with van der Waals surface area (Å²) in [5.74, 6) is 0.179. The summed E-state index contributed by atoms with van der Waals surface area (Å²) in [4.78, 5) is 19.4. The number of carboxylic acid groups (broad SMARTS) is 1. The van der Waals surface area contributed by atoms with Crippen LogP contribution in [0.2, 0.25) is 0 Å². The normalized spacial score (nSPS) is 10.9. The summed E-state index contributed by atoms with van der Waals surface area (Å²) in [7, 11) is 0. The molecule has 0 bridgehead atoms. The van der Waals surface area contributed by atoms with Crippen LogP contribution in [-0.2, 0) is 17.8 Å². The Labute approximate surface area is 105 Å². The molecule has 0 aromatic carbocycles. The molecule has 0 unspecified atom stereocenters. The molecule has 0 fully saturated rings. The van der Waals surface area contributed by atoms with E-state index >= 15 is 0 Å². The van der Waals surface area contributed by atoms with Gasteiger partial charge in [-0.25, -0.2) is 9.97 Å². The average Bonchev–Trinajstić information content (AvgIpc) is 2.68. The largest absolute Gasteiger partial charge is 0.481 e. The fourth-order valence-corrected chi connectivity index (χ4v) is 2.05. The van der Waals surface area contributed by atoms with Crippen LogP contribution in [0.15, 0.2) is 18.3 Å². The zero-order chi connectivity index (χ0) is 13.0. The smallest absolute Gasteiger partial charge is 0.303 e. The van der Waals surface area contributed by atoms with E-state index in [0.29, 0.717) is 12.8 Å². The molecule has 2 aromatic heterocycles. The highest BCUT2D eigenvalue weighted by Gasteiger charge is 2.10. The molecule has 0 saturated carbocycles. The fraction of sp³-hybridized carbons (Fsp3) is 0.462. The number of imidazole rings is 1. The van der Waals surface area contributed by atoms with E-state index in [0.717, 1.165) is 30.0 Å². The van der Waals surface area contributed by atoms with Gasteiger partial charge in [-0.1, -0.05) is 6.92 Å². The van der Waals surface area contributed by atoms with Gasteiger partial charge in [-0.15, -0.1) is 0 Å². The molecule has 0 saturated heterocycles. The average molecular weight is 247 g/mol. The van der Waals surface area contributed by atoms with Crippen molar-refractivity contribution in [3.05, 3.63) is 24.2 Å². The van der Waals surface area contributed by atoms with Gasteiger partial charge in [-0.3, -0.25) is 4.79 Å². The van der Waals surface area contributed by atoms with Crippen molar-refractivity contribution in [1.82, 2.24) is 14.5 Å². The monoisotopic (exact) mass is 247 g/mol. The SMILES string of the molecule is CCCn1c(CCCC(=O)O)nc2cccnc21. The number of fused-ring (bicyclic) bond motifs is 1. The van der Waals surface area contributed by atoms with E-state index in [-0.39, 0.29) is 6.42 Å². The van der Waals surface area contributed by atoms with Crippen molar-refractivity contribution >= 4 is 17.1 Å². The van der Waals surface area contributed by atoms with Crippen LogP contribution >= 0.6 is 0 Å². The molecule has 0 spiro atoms. The molecule has 2 aromatic rings. The van der Waals surface area contributed by atoms with Crippen molar-refractivity contribution in [2.24, 2.45) is 0 Å². The molecule has 0 aliphatic rings. The number of carbonyl (C=O) groups is 1. The van der Waals surface area contributed by atoms with Crippen LogP contribution in [0.1, 0.15) is 32.0 Å². The van der Waals surface area contributed by atoms with Gasteiger partial charge in [-0.05, 0) is 25.0 Å². The molecular formula is C13H17N3O2. The molecule has 2 rings (SSSR count). The third-order valence-corrected chi connectivity index (χ3v) is 2.82. The van der Waals surface area contributed by atoms with Gasteiger partial charge in [0.05, 0.1) is 0 Å². The summed E-state index contributed by atoms with van der Waals surface area (Å²) in [5, 5.41) is 8.66. The first kappa shape index (κ1) is 12.5. The molecule has 2 heterocycles. The van der Waals surface area contributed by atoms with Crippen LogP contribution in [0.25, 0.3) is 11.2 Å². The summed E-state index contributed by atoms with van der Waals surface area (Å²) in [6, 6.07) is 3.81. The number of aliphatic carboxylic acids is 1. The van der Waals surface area contributed by atoms with Crippen molar-refractivity contribution in [2.45, 2.75) is 39.2 Å². The van der Waals surface area contributed by atoms with Crippen molar-refractivity contribution < 1.29 is 9.90 Å². The third-order valence-electron chi connectivity index (χ3n) is 2.82. The number of aryl methyl sites for hydroxylation is 2. The van der Waals surface area contributed by atoms with Crippen LogP contribution in [0, 0.1) is 0 Å². The van der Waals surface area contributed by atoms with E-state index in [9.17, 15) is 4.79 Å². The molecule has 0 radical (unpaired) electrons. The highest BCUT2D eigenvalue weighted by atomic mass is 16.4.